The Balaban J connectivity index is 2.27. The Morgan fingerprint density at radius 2 is 2.10 bits per heavy atom. The number of ether oxygens (including phenoxy) is 1. The quantitative estimate of drug-likeness (QED) is 0.880. The number of nitrogens with one attached hydrogen (secondary N) is 1. The second-order valence-corrected chi connectivity index (χ2v) is 6.17. The number of hydrogen-bond acceptors (Lipinski definition) is 3. The summed E-state index contributed by atoms with van der Waals surface area (Å²) in [6.07, 6.45) is 2.07. The molecule has 108 valence electrons. The Bertz CT molecular complexity index is 593. The number of hydrogen-bond donors (Lipinski definition) is 1. The Labute approximate surface area is 128 Å². The molecule has 0 aliphatic carbocycles. The number of rotatable bonds is 5. The van der Waals surface area contributed by atoms with Crippen LogP contribution in [0.25, 0.3) is 0 Å². The summed E-state index contributed by atoms with van der Waals surface area (Å²) in [4.78, 5) is 4.54. The van der Waals surface area contributed by atoms with Crippen LogP contribution in [-0.2, 0) is 6.54 Å². The third kappa shape index (κ3) is 3.76. The fourth-order valence-corrected chi connectivity index (χ4v) is 2.53. The summed E-state index contributed by atoms with van der Waals surface area (Å²) in [6, 6.07) is 5.89. The van der Waals surface area contributed by atoms with Crippen LogP contribution < -0.4 is 10.1 Å². The van der Waals surface area contributed by atoms with Gasteiger partial charge in [-0.1, -0.05) is 29.8 Å². The molecule has 2 rings (SSSR count). The highest BCUT2D eigenvalue weighted by Crippen LogP contribution is 2.27. The summed E-state index contributed by atoms with van der Waals surface area (Å²) in [5.41, 5.74) is 1.96. The van der Waals surface area contributed by atoms with Crippen LogP contribution in [0.5, 0.6) is 5.75 Å². The first-order chi connectivity index (χ1) is 9.47. The highest BCUT2D eigenvalue weighted by molar-refractivity contribution is 9.10. The van der Waals surface area contributed by atoms with Crippen LogP contribution in [0.2, 0.25) is 0 Å². The van der Waals surface area contributed by atoms with Crippen LogP contribution in [0.4, 0.5) is 11.6 Å². The molecule has 0 aliphatic rings. The van der Waals surface area contributed by atoms with Gasteiger partial charge >= 0.3 is 0 Å². The number of aryl methyl sites for hydroxylation is 1. The topological polar surface area (TPSA) is 39.1 Å². The van der Waals surface area contributed by atoms with Crippen molar-refractivity contribution in [2.24, 2.45) is 5.92 Å². The maximum absolute atomic E-state index is 5.28. The second-order valence-electron chi connectivity index (χ2n) is 5.26. The van der Waals surface area contributed by atoms with Gasteiger partial charge in [-0.3, -0.25) is 0 Å². The van der Waals surface area contributed by atoms with Gasteiger partial charge in [-0.25, -0.2) is 4.98 Å². The molecule has 1 N–H and O–H groups in total. The van der Waals surface area contributed by atoms with Crippen molar-refractivity contribution in [2.45, 2.75) is 27.3 Å². The number of benzene rings is 1. The summed E-state index contributed by atoms with van der Waals surface area (Å²) in [5, 5.41) is 3.36. The van der Waals surface area contributed by atoms with E-state index in [1.807, 2.05) is 25.1 Å². The largest absolute Gasteiger partial charge is 0.497 e. The van der Waals surface area contributed by atoms with Crippen molar-refractivity contribution in [1.82, 2.24) is 9.55 Å². The molecule has 1 aromatic heterocycles. The van der Waals surface area contributed by atoms with Gasteiger partial charge in [0.2, 0.25) is 5.95 Å². The lowest BCUT2D eigenvalue weighted by Gasteiger charge is -2.12. The van der Waals surface area contributed by atoms with Gasteiger partial charge in [0.05, 0.1) is 12.8 Å². The van der Waals surface area contributed by atoms with Crippen molar-refractivity contribution < 1.29 is 4.74 Å². The summed E-state index contributed by atoms with van der Waals surface area (Å²) in [7, 11) is 1.66. The maximum atomic E-state index is 5.28. The van der Waals surface area contributed by atoms with Crippen molar-refractivity contribution in [3.63, 3.8) is 0 Å². The Hall–Kier alpha value is -1.49. The molecule has 5 heteroatoms. The lowest BCUT2D eigenvalue weighted by atomic mass is 10.2. The minimum absolute atomic E-state index is 0.571. The van der Waals surface area contributed by atoms with E-state index in [4.69, 9.17) is 4.74 Å². The number of nitrogens with zero attached hydrogens (tertiary/aromatic N) is 2. The third-order valence-corrected chi connectivity index (χ3v) is 3.28. The van der Waals surface area contributed by atoms with Gasteiger partial charge in [-0.2, -0.15) is 0 Å². The van der Waals surface area contributed by atoms with Gasteiger partial charge in [-0.05, 0) is 25.0 Å². The van der Waals surface area contributed by atoms with Crippen molar-refractivity contribution in [3.05, 3.63) is 34.6 Å². The maximum Gasteiger partial charge on any atom is 0.207 e. The monoisotopic (exact) mass is 337 g/mol. The summed E-state index contributed by atoms with van der Waals surface area (Å²) >= 11 is 3.48. The van der Waals surface area contributed by atoms with Crippen molar-refractivity contribution in [2.75, 3.05) is 12.4 Å². The van der Waals surface area contributed by atoms with Gasteiger partial charge < -0.3 is 14.6 Å². The number of imidazole rings is 1. The lowest BCUT2D eigenvalue weighted by molar-refractivity contribution is 0.414. The minimum atomic E-state index is 0.571. The van der Waals surface area contributed by atoms with E-state index < -0.39 is 0 Å². The Kier molecular flexibility index (Phi) is 4.70. The van der Waals surface area contributed by atoms with E-state index in [2.05, 4.69) is 50.8 Å². The molecule has 1 aromatic carbocycles. The molecule has 0 saturated heterocycles. The van der Waals surface area contributed by atoms with Crippen LogP contribution in [0.3, 0.4) is 0 Å². The average molecular weight is 338 g/mol. The zero-order valence-electron chi connectivity index (χ0n) is 12.3. The zero-order valence-corrected chi connectivity index (χ0v) is 13.9. The third-order valence-electron chi connectivity index (χ3n) is 2.82. The highest BCUT2D eigenvalue weighted by atomic mass is 79.9. The summed E-state index contributed by atoms with van der Waals surface area (Å²) in [5.74, 6) is 2.23. The fraction of sp³-hybridized carbons (Fsp3) is 0.400. The Morgan fingerprint density at radius 1 is 1.35 bits per heavy atom. The molecule has 0 bridgehead atoms. The van der Waals surface area contributed by atoms with Crippen LogP contribution >= 0.6 is 15.9 Å². The van der Waals surface area contributed by atoms with Crippen molar-refractivity contribution in [1.29, 1.82) is 0 Å². The predicted molar refractivity (Wildman–Crippen MR) is 85.8 cm³/mol. The Morgan fingerprint density at radius 3 is 2.75 bits per heavy atom. The van der Waals surface area contributed by atoms with Gasteiger partial charge in [0.1, 0.15) is 5.75 Å². The number of anilines is 2. The molecule has 0 radical (unpaired) electrons. The van der Waals surface area contributed by atoms with Gasteiger partial charge in [-0.15, -0.1) is 0 Å². The standard InChI is InChI=1S/C15H20BrN3O/c1-10(2)8-19-9-11(3)17-15(19)18-13-5-12(16)6-14(7-13)20-4/h5-7,9-10H,8H2,1-4H3,(H,17,18). The fourth-order valence-electron chi connectivity index (χ4n) is 2.06. The van der Waals surface area contributed by atoms with Crippen LogP contribution in [0, 0.1) is 12.8 Å². The van der Waals surface area contributed by atoms with Crippen LogP contribution in [0.1, 0.15) is 19.5 Å². The first kappa shape index (κ1) is 14.9. The van der Waals surface area contributed by atoms with Crippen molar-refractivity contribution >= 4 is 27.6 Å². The van der Waals surface area contributed by atoms with Crippen molar-refractivity contribution in [3.8, 4) is 5.75 Å². The molecular weight excluding hydrogens is 318 g/mol. The van der Waals surface area contributed by atoms with E-state index in [0.717, 1.165) is 34.1 Å². The average Bonchev–Trinajstić information content (AvgIpc) is 2.67. The molecule has 0 fully saturated rings. The molecule has 1 heterocycles. The molecule has 0 unspecified atom stereocenters. The van der Waals surface area contributed by atoms with E-state index in [1.165, 1.54) is 0 Å². The highest BCUT2D eigenvalue weighted by Gasteiger charge is 2.08. The molecule has 0 aliphatic heterocycles. The molecule has 4 nitrogen and oxygen atoms in total. The first-order valence-corrected chi connectivity index (χ1v) is 7.42. The first-order valence-electron chi connectivity index (χ1n) is 6.63. The lowest BCUT2D eigenvalue weighted by Crippen LogP contribution is -2.07. The van der Waals surface area contributed by atoms with Gasteiger partial charge in [0, 0.05) is 29.0 Å². The van der Waals surface area contributed by atoms with Gasteiger partial charge in [0.15, 0.2) is 0 Å². The molecule has 0 amide bonds. The summed E-state index contributed by atoms with van der Waals surface area (Å²) < 4.78 is 8.39. The molecule has 0 atom stereocenters. The zero-order chi connectivity index (χ0) is 14.7. The second kappa shape index (κ2) is 6.31. The van der Waals surface area contributed by atoms with E-state index in [9.17, 15) is 0 Å². The molecule has 2 aromatic rings. The SMILES string of the molecule is COc1cc(Br)cc(Nc2nc(C)cn2CC(C)C)c1. The number of methoxy groups -OCH3 is 1. The van der Waals surface area contributed by atoms with Gasteiger partial charge in [0.25, 0.3) is 0 Å². The van der Waals surface area contributed by atoms with Crippen LogP contribution in [-0.4, -0.2) is 16.7 Å². The summed E-state index contributed by atoms with van der Waals surface area (Å²) in [6.45, 7) is 7.33. The molecule has 20 heavy (non-hydrogen) atoms. The van der Waals surface area contributed by atoms with E-state index in [1.54, 1.807) is 7.11 Å². The van der Waals surface area contributed by atoms with E-state index >= 15 is 0 Å². The predicted octanol–water partition coefficient (Wildman–Crippen LogP) is 4.36. The normalized spacial score (nSPS) is 10.9. The molecule has 0 saturated carbocycles. The molecular formula is C15H20BrN3O. The van der Waals surface area contributed by atoms with E-state index in [-0.39, 0.29) is 0 Å². The number of aromatic nitrogens is 2. The van der Waals surface area contributed by atoms with E-state index in [0.29, 0.717) is 5.92 Å². The minimum Gasteiger partial charge on any atom is -0.497 e. The smallest absolute Gasteiger partial charge is 0.207 e. The van der Waals surface area contributed by atoms with Crippen LogP contribution in [0.15, 0.2) is 28.9 Å². The number of halogens is 1. The molecule has 0 spiro atoms.